The summed E-state index contributed by atoms with van der Waals surface area (Å²) >= 11 is 1.88. The summed E-state index contributed by atoms with van der Waals surface area (Å²) in [5.74, 6) is 0. The Morgan fingerprint density at radius 3 is 0.705 bits per heavy atom. The number of thiophene rings is 1. The van der Waals surface area contributed by atoms with E-state index in [1.807, 2.05) is 35.6 Å². The first-order chi connectivity index (χ1) is 65.3. The van der Waals surface area contributed by atoms with E-state index < -0.39 is 0 Å². The van der Waals surface area contributed by atoms with Gasteiger partial charge in [0.25, 0.3) is 0 Å². The van der Waals surface area contributed by atoms with E-state index >= 15 is 0 Å². The van der Waals surface area contributed by atoms with Crippen LogP contribution in [-0.2, 0) is 14.1 Å². The summed E-state index contributed by atoms with van der Waals surface area (Å²) in [7, 11) is 4.28. The quantitative estimate of drug-likeness (QED) is 0.172. The number of furan rings is 2. The molecule has 0 aliphatic carbocycles. The monoisotopic (exact) mass is 1710 g/mol. The van der Waals surface area contributed by atoms with E-state index in [4.69, 9.17) is 8.83 Å². The van der Waals surface area contributed by atoms with Gasteiger partial charge >= 0.3 is 0 Å². The predicted molar refractivity (Wildman–Crippen MR) is 559 cm³/mol. The summed E-state index contributed by atoms with van der Waals surface area (Å²) < 4.78 is 31.3. The average Bonchev–Trinajstić information content (AvgIpc) is 1.58. The zero-order valence-electron chi connectivity index (χ0n) is 72.2. The van der Waals surface area contributed by atoms with Gasteiger partial charge in [0.15, 0.2) is 0 Å². The summed E-state index contributed by atoms with van der Waals surface area (Å²) in [6, 6.07) is 162. The number of benzene rings is 20. The molecular weight excluding hydrogens is 1630 g/mol. The van der Waals surface area contributed by atoms with Crippen LogP contribution in [0.2, 0.25) is 0 Å². The molecule has 0 unspecified atom stereocenters. The van der Waals surface area contributed by atoms with Crippen LogP contribution >= 0.6 is 11.3 Å². The molecule has 0 atom stereocenters. The standard InChI is InChI=1S/C30H20N2.C25H18N2.C24H15NO.C24H15NS.C19H13NO/c1-3-11-21(12-4-1)31-27-17-9-7-15-23(27)25-20-30-26(19-29(25)31)24-16-8-10-18-28(24)32(30)22-13-5-2-6-14-22;1-26-22-13-7-5-11-18(22)20-16-25-21(15-24(20)26)19-12-6-8-14-23(19)27(25)17-9-3-2-4-10-17;2*1-2-8-16(9-3-1)25-21-12-6-4-10-17(21)19-15-24-20(14-22(19)25)18-11-5-7-13-23(18)26-24;1-20-16-8-4-2-6-12(16)14-11-19-15(10-17(14)20)13-7-3-5-9-18(13)21-19/h1-20H;2-16H,1H3;2*1-15H;2-11H,1H3. The Morgan fingerprint density at radius 2 is 0.364 bits per heavy atom. The molecule has 0 amide bonds. The highest BCUT2D eigenvalue weighted by molar-refractivity contribution is 7.25. The normalized spacial score (nSPS) is 11.9. The van der Waals surface area contributed by atoms with Gasteiger partial charge in [-0.15, -0.1) is 11.3 Å². The van der Waals surface area contributed by atoms with E-state index in [9.17, 15) is 0 Å². The second-order valence-electron chi connectivity index (χ2n) is 34.3. The second kappa shape index (κ2) is 30.8. The van der Waals surface area contributed by atoms with Crippen LogP contribution in [0, 0.1) is 0 Å². The number of para-hydroxylation sites is 14. The minimum absolute atomic E-state index is 0.936. The zero-order valence-corrected chi connectivity index (χ0v) is 73.0. The number of hydrogen-bond acceptors (Lipinski definition) is 3. The first-order valence-electron chi connectivity index (χ1n) is 45.0. The highest BCUT2D eigenvalue weighted by atomic mass is 32.1. The van der Waals surface area contributed by atoms with Gasteiger partial charge in [0.1, 0.15) is 22.3 Å². The molecule has 0 fully saturated rings. The van der Waals surface area contributed by atoms with Gasteiger partial charge in [-0.2, -0.15) is 0 Å². The molecule has 0 saturated heterocycles. The Hall–Kier alpha value is -17.2. The van der Waals surface area contributed by atoms with Gasteiger partial charge in [-0.1, -0.05) is 273 Å². The van der Waals surface area contributed by atoms with Gasteiger partial charge in [0, 0.05) is 182 Å². The minimum atomic E-state index is 0.936. The Morgan fingerprint density at radius 1 is 0.144 bits per heavy atom. The van der Waals surface area contributed by atoms with Crippen LogP contribution in [0.25, 0.3) is 245 Å². The maximum absolute atomic E-state index is 6.12. The topological polar surface area (TPSA) is 60.8 Å². The van der Waals surface area contributed by atoms with Gasteiger partial charge in [-0.05, 0) is 182 Å². The lowest BCUT2D eigenvalue weighted by Gasteiger charge is -2.09. The second-order valence-corrected chi connectivity index (χ2v) is 35.3. The summed E-state index contributed by atoms with van der Waals surface area (Å²) in [6.07, 6.45) is 0. The molecule has 10 aromatic heterocycles. The van der Waals surface area contributed by atoms with E-state index in [1.165, 1.54) is 212 Å². The van der Waals surface area contributed by atoms with Crippen LogP contribution in [0.5, 0.6) is 0 Å². The molecule has 0 spiro atoms. The lowest BCUT2D eigenvalue weighted by molar-refractivity contribution is 0.669. The van der Waals surface area contributed by atoms with Gasteiger partial charge < -0.3 is 40.8 Å². The van der Waals surface area contributed by atoms with Crippen molar-refractivity contribution in [1.82, 2.24) is 32.0 Å². The highest BCUT2D eigenvalue weighted by Crippen LogP contribution is 2.46. The summed E-state index contributed by atoms with van der Waals surface area (Å²) in [5.41, 5.74) is 27.2. The van der Waals surface area contributed by atoms with Crippen molar-refractivity contribution in [1.29, 1.82) is 0 Å². The third kappa shape index (κ3) is 12.1. The van der Waals surface area contributed by atoms with Crippen LogP contribution in [0.1, 0.15) is 0 Å². The SMILES string of the molecule is Cn1c2ccccc2c2cc3c(cc21)c1ccccc1n3-c1ccccc1.Cn1c2ccccc2c2cc3oc4ccccc4c3cc21.c1ccc(-n2c3ccccc3c3cc4c(cc32)c2ccccc2n4-c2ccccc2)cc1.c1ccc(-n2c3ccccc3c3cc4oc5ccccc5c4cc32)cc1.c1ccc(-n2c3ccccc3c3cc4sc5ccccc5c4cc32)cc1. The van der Waals surface area contributed by atoms with E-state index in [0.717, 1.165) is 33.1 Å². The van der Waals surface area contributed by atoms with Crippen LogP contribution in [-0.4, -0.2) is 32.0 Å². The highest BCUT2D eigenvalue weighted by Gasteiger charge is 2.24. The number of rotatable bonds is 5. The molecule has 0 N–H and O–H groups in total. The maximum Gasteiger partial charge on any atom is 0.136 e. The number of aromatic nitrogens is 7. The maximum atomic E-state index is 6.12. The molecule has 10 heterocycles. The number of nitrogens with zero attached hydrogens (tertiary/aromatic N) is 7. The molecule has 0 saturated carbocycles. The lowest BCUT2D eigenvalue weighted by Crippen LogP contribution is -1.94. The Bertz CT molecular complexity index is 9470. The third-order valence-corrected chi connectivity index (χ3v) is 28.1. The number of hydrogen-bond donors (Lipinski definition) is 0. The van der Waals surface area contributed by atoms with Gasteiger partial charge in [-0.3, -0.25) is 0 Å². The number of fused-ring (bicyclic) bond motifs is 30. The van der Waals surface area contributed by atoms with Crippen LogP contribution < -0.4 is 0 Å². The van der Waals surface area contributed by atoms with Gasteiger partial charge in [0.05, 0.1) is 55.2 Å². The Balaban J connectivity index is 0.0000000869. The van der Waals surface area contributed by atoms with Crippen molar-refractivity contribution in [2.24, 2.45) is 14.1 Å². The molecule has 0 bridgehead atoms. The van der Waals surface area contributed by atoms with E-state index in [0.29, 0.717) is 0 Å². The summed E-state index contributed by atoms with van der Waals surface area (Å²) in [4.78, 5) is 0. The average molecular weight is 1710 g/mol. The molecule has 132 heavy (non-hydrogen) atoms. The van der Waals surface area contributed by atoms with Gasteiger partial charge in [0.2, 0.25) is 0 Å². The molecule has 20 aromatic carbocycles. The fraction of sp³-hybridized carbons (Fsp3) is 0.0164. The van der Waals surface area contributed by atoms with Crippen molar-refractivity contribution in [3.05, 3.63) is 455 Å². The van der Waals surface area contributed by atoms with Crippen LogP contribution in [0.15, 0.2) is 464 Å². The summed E-state index contributed by atoms with van der Waals surface area (Å²) in [6.45, 7) is 0. The van der Waals surface area contributed by atoms with Crippen molar-refractivity contribution in [3.63, 3.8) is 0 Å². The fourth-order valence-electron chi connectivity index (χ4n) is 21.1. The molecule has 30 rings (SSSR count). The Labute approximate surface area is 760 Å². The smallest absolute Gasteiger partial charge is 0.136 e. The van der Waals surface area contributed by atoms with Gasteiger partial charge in [-0.25, -0.2) is 0 Å². The summed E-state index contributed by atoms with van der Waals surface area (Å²) in [5, 5.41) is 25.3. The molecule has 622 valence electrons. The van der Waals surface area contributed by atoms with Crippen molar-refractivity contribution in [2.75, 3.05) is 0 Å². The third-order valence-electron chi connectivity index (χ3n) is 27.0. The van der Waals surface area contributed by atoms with Crippen LogP contribution in [0.3, 0.4) is 0 Å². The first kappa shape index (κ1) is 76.1. The fourth-order valence-corrected chi connectivity index (χ4v) is 22.2. The zero-order chi connectivity index (χ0) is 87.2. The van der Waals surface area contributed by atoms with E-state index in [2.05, 4.69) is 477 Å². The molecule has 9 nitrogen and oxygen atoms in total. The molecule has 0 aliphatic heterocycles. The van der Waals surface area contributed by atoms with Crippen molar-refractivity contribution < 1.29 is 8.83 Å². The minimum Gasteiger partial charge on any atom is -0.456 e. The van der Waals surface area contributed by atoms with Crippen molar-refractivity contribution >= 4 is 228 Å². The largest absolute Gasteiger partial charge is 0.456 e. The van der Waals surface area contributed by atoms with E-state index in [-0.39, 0.29) is 0 Å². The van der Waals surface area contributed by atoms with E-state index in [1.54, 1.807) is 0 Å². The Kier molecular flexibility index (Phi) is 17.8. The lowest BCUT2D eigenvalue weighted by atomic mass is 10.1. The number of aryl methyl sites for hydroxylation is 2. The molecule has 30 aromatic rings. The molecule has 0 radical (unpaired) electrons. The van der Waals surface area contributed by atoms with Crippen LogP contribution in [0.4, 0.5) is 0 Å². The molecule has 10 heteroatoms. The molecular formula is C122H81N7O2S. The first-order valence-corrected chi connectivity index (χ1v) is 45.8. The van der Waals surface area contributed by atoms with Crippen molar-refractivity contribution in [2.45, 2.75) is 0 Å². The predicted octanol–water partition coefficient (Wildman–Crippen LogP) is 33.4. The molecule has 0 aliphatic rings. The van der Waals surface area contributed by atoms with Crippen molar-refractivity contribution in [3.8, 4) is 28.4 Å².